The van der Waals surface area contributed by atoms with E-state index >= 15 is 0 Å². The molecular weight excluding hydrogens is 296 g/mol. The molecule has 0 bridgehead atoms. The molecule has 0 radical (unpaired) electrons. The van der Waals surface area contributed by atoms with E-state index in [0.29, 0.717) is 5.92 Å². The second-order valence-corrected chi connectivity index (χ2v) is 5.81. The zero-order chi connectivity index (χ0) is 12.1. The fourth-order valence-corrected chi connectivity index (χ4v) is 3.05. The van der Waals surface area contributed by atoms with Crippen molar-refractivity contribution in [3.05, 3.63) is 56.7 Å². The van der Waals surface area contributed by atoms with Crippen molar-refractivity contribution in [1.82, 2.24) is 0 Å². The number of benzene rings is 1. The van der Waals surface area contributed by atoms with Gasteiger partial charge in [-0.15, -0.1) is 0 Å². The maximum absolute atomic E-state index is 9.47. The zero-order valence-electron chi connectivity index (χ0n) is 9.47. The number of rotatable bonds is 5. The fraction of sp³-hybridized carbons (Fsp3) is 0.286. The van der Waals surface area contributed by atoms with Gasteiger partial charge in [0, 0.05) is 11.1 Å². The van der Waals surface area contributed by atoms with Crippen LogP contribution in [0.4, 0.5) is 0 Å². The maximum atomic E-state index is 9.47. The molecule has 2 aromatic rings. The third-order valence-corrected chi connectivity index (χ3v) is 4.33. The predicted octanol–water partition coefficient (Wildman–Crippen LogP) is 3.90. The highest BCUT2D eigenvalue weighted by Gasteiger charge is 2.11. The van der Waals surface area contributed by atoms with Crippen LogP contribution in [0, 0.1) is 5.92 Å². The number of aliphatic hydroxyl groups is 1. The van der Waals surface area contributed by atoms with Gasteiger partial charge < -0.3 is 5.11 Å². The molecule has 1 aromatic heterocycles. The van der Waals surface area contributed by atoms with Crippen molar-refractivity contribution in [3.63, 3.8) is 0 Å². The zero-order valence-corrected chi connectivity index (χ0v) is 11.9. The van der Waals surface area contributed by atoms with Crippen molar-refractivity contribution in [2.75, 3.05) is 6.61 Å². The molecule has 2 rings (SSSR count). The van der Waals surface area contributed by atoms with Gasteiger partial charge in [0.1, 0.15) is 0 Å². The number of aliphatic hydroxyl groups excluding tert-OH is 1. The van der Waals surface area contributed by atoms with Crippen molar-refractivity contribution < 1.29 is 5.11 Å². The van der Waals surface area contributed by atoms with Gasteiger partial charge in [-0.25, -0.2) is 0 Å². The van der Waals surface area contributed by atoms with Crippen molar-refractivity contribution in [2.45, 2.75) is 12.8 Å². The number of thiophene rings is 1. The van der Waals surface area contributed by atoms with E-state index in [2.05, 4.69) is 38.8 Å². The van der Waals surface area contributed by atoms with E-state index in [9.17, 15) is 5.11 Å². The topological polar surface area (TPSA) is 20.2 Å². The normalized spacial score (nSPS) is 12.6. The van der Waals surface area contributed by atoms with Gasteiger partial charge in [-0.3, -0.25) is 0 Å². The smallest absolute Gasteiger partial charge is 0.0465 e. The molecule has 0 aliphatic heterocycles. The third kappa shape index (κ3) is 3.66. The van der Waals surface area contributed by atoms with Crippen LogP contribution >= 0.6 is 27.3 Å². The van der Waals surface area contributed by atoms with Gasteiger partial charge in [0.25, 0.3) is 0 Å². The predicted molar refractivity (Wildman–Crippen MR) is 76.4 cm³/mol. The molecule has 0 saturated heterocycles. The molecule has 0 aliphatic rings. The van der Waals surface area contributed by atoms with Crippen molar-refractivity contribution >= 4 is 27.3 Å². The van der Waals surface area contributed by atoms with E-state index in [1.54, 1.807) is 11.3 Å². The number of halogens is 1. The van der Waals surface area contributed by atoms with Crippen LogP contribution in [0.25, 0.3) is 0 Å². The Kier molecular flexibility index (Phi) is 4.77. The molecule has 1 unspecified atom stereocenters. The SMILES string of the molecule is OCC(Cc1ccsc1)Cc1ccccc1Br. The lowest BCUT2D eigenvalue weighted by atomic mass is 9.94. The first kappa shape index (κ1) is 12.8. The molecule has 1 aromatic carbocycles. The van der Waals surface area contributed by atoms with E-state index in [-0.39, 0.29) is 6.61 Å². The van der Waals surface area contributed by atoms with Crippen LogP contribution in [-0.2, 0) is 12.8 Å². The van der Waals surface area contributed by atoms with Gasteiger partial charge in [0.05, 0.1) is 0 Å². The first-order valence-corrected chi connectivity index (χ1v) is 7.38. The van der Waals surface area contributed by atoms with Crippen LogP contribution in [0.3, 0.4) is 0 Å². The van der Waals surface area contributed by atoms with Crippen molar-refractivity contribution in [3.8, 4) is 0 Å². The third-order valence-electron chi connectivity index (χ3n) is 2.83. The maximum Gasteiger partial charge on any atom is 0.0465 e. The summed E-state index contributed by atoms with van der Waals surface area (Å²) in [5, 5.41) is 13.7. The minimum atomic E-state index is 0.233. The molecule has 1 atom stereocenters. The number of hydrogen-bond acceptors (Lipinski definition) is 2. The summed E-state index contributed by atoms with van der Waals surface area (Å²) >= 11 is 5.26. The molecule has 1 N–H and O–H groups in total. The van der Waals surface area contributed by atoms with Gasteiger partial charge >= 0.3 is 0 Å². The Labute approximate surface area is 114 Å². The molecule has 1 nitrogen and oxygen atoms in total. The second-order valence-electron chi connectivity index (χ2n) is 4.18. The summed E-state index contributed by atoms with van der Waals surface area (Å²) in [6, 6.07) is 10.3. The summed E-state index contributed by atoms with van der Waals surface area (Å²) in [6.07, 6.45) is 1.86. The van der Waals surface area contributed by atoms with E-state index < -0.39 is 0 Å². The Bertz CT molecular complexity index is 453. The largest absolute Gasteiger partial charge is 0.396 e. The molecule has 90 valence electrons. The number of hydrogen-bond donors (Lipinski definition) is 1. The quantitative estimate of drug-likeness (QED) is 0.888. The lowest BCUT2D eigenvalue weighted by Crippen LogP contribution is -2.12. The molecule has 1 heterocycles. The molecule has 3 heteroatoms. The van der Waals surface area contributed by atoms with E-state index in [0.717, 1.165) is 17.3 Å². The molecule has 0 saturated carbocycles. The fourth-order valence-electron chi connectivity index (χ4n) is 1.92. The lowest BCUT2D eigenvalue weighted by Gasteiger charge is -2.14. The van der Waals surface area contributed by atoms with Gasteiger partial charge in [-0.1, -0.05) is 34.1 Å². The highest BCUT2D eigenvalue weighted by atomic mass is 79.9. The highest BCUT2D eigenvalue weighted by molar-refractivity contribution is 9.10. The monoisotopic (exact) mass is 310 g/mol. The lowest BCUT2D eigenvalue weighted by molar-refractivity contribution is 0.225. The Hall–Kier alpha value is -0.640. The van der Waals surface area contributed by atoms with E-state index in [1.165, 1.54) is 11.1 Å². The summed E-state index contributed by atoms with van der Waals surface area (Å²) in [5.41, 5.74) is 2.59. The first-order chi connectivity index (χ1) is 8.29. The average molecular weight is 311 g/mol. The standard InChI is InChI=1S/C14H15BrOS/c15-14-4-2-1-3-13(14)8-12(9-16)7-11-5-6-17-10-11/h1-6,10,12,16H,7-9H2. The Balaban J connectivity index is 2.03. The van der Waals surface area contributed by atoms with Crippen LogP contribution in [0.2, 0.25) is 0 Å². The summed E-state index contributed by atoms with van der Waals surface area (Å²) in [4.78, 5) is 0. The Morgan fingerprint density at radius 3 is 2.65 bits per heavy atom. The summed E-state index contributed by atoms with van der Waals surface area (Å²) in [7, 11) is 0. The minimum absolute atomic E-state index is 0.233. The average Bonchev–Trinajstić information content (AvgIpc) is 2.84. The van der Waals surface area contributed by atoms with E-state index in [1.807, 2.05) is 18.2 Å². The van der Waals surface area contributed by atoms with Gasteiger partial charge in [0.15, 0.2) is 0 Å². The van der Waals surface area contributed by atoms with Crippen LogP contribution in [0.15, 0.2) is 45.6 Å². The first-order valence-electron chi connectivity index (χ1n) is 5.65. The summed E-state index contributed by atoms with van der Waals surface area (Å²) in [5.74, 6) is 0.295. The van der Waals surface area contributed by atoms with Crippen LogP contribution in [0.5, 0.6) is 0 Å². The Morgan fingerprint density at radius 1 is 1.18 bits per heavy atom. The van der Waals surface area contributed by atoms with Crippen LogP contribution < -0.4 is 0 Å². The highest BCUT2D eigenvalue weighted by Crippen LogP contribution is 2.22. The molecule has 0 spiro atoms. The van der Waals surface area contributed by atoms with Gasteiger partial charge in [0.2, 0.25) is 0 Å². The minimum Gasteiger partial charge on any atom is -0.396 e. The van der Waals surface area contributed by atoms with Crippen molar-refractivity contribution in [2.24, 2.45) is 5.92 Å². The molecule has 17 heavy (non-hydrogen) atoms. The van der Waals surface area contributed by atoms with Crippen molar-refractivity contribution in [1.29, 1.82) is 0 Å². The van der Waals surface area contributed by atoms with Gasteiger partial charge in [-0.05, 0) is 52.8 Å². The molecule has 0 amide bonds. The van der Waals surface area contributed by atoms with E-state index in [4.69, 9.17) is 0 Å². The van der Waals surface area contributed by atoms with Crippen LogP contribution in [-0.4, -0.2) is 11.7 Å². The summed E-state index contributed by atoms with van der Waals surface area (Å²) in [6.45, 7) is 0.233. The molecule has 0 fully saturated rings. The molecular formula is C14H15BrOS. The summed E-state index contributed by atoms with van der Waals surface area (Å²) < 4.78 is 1.13. The Morgan fingerprint density at radius 2 is 2.00 bits per heavy atom. The second kappa shape index (κ2) is 6.34. The van der Waals surface area contributed by atoms with Crippen LogP contribution in [0.1, 0.15) is 11.1 Å². The van der Waals surface area contributed by atoms with Gasteiger partial charge in [-0.2, -0.15) is 11.3 Å². The molecule has 0 aliphatic carbocycles.